The van der Waals surface area contributed by atoms with E-state index in [0.29, 0.717) is 0 Å². The van der Waals surface area contributed by atoms with Gasteiger partial charge in [-0.25, -0.2) is 0 Å². The first-order valence-corrected chi connectivity index (χ1v) is 8.73. The Bertz CT molecular complexity index is 263. The van der Waals surface area contributed by atoms with E-state index in [0.717, 1.165) is 32.1 Å². The Morgan fingerprint density at radius 3 is 1.65 bits per heavy atom. The molecule has 0 heterocycles. The lowest BCUT2D eigenvalue weighted by Crippen LogP contribution is -2.46. The summed E-state index contributed by atoms with van der Waals surface area (Å²) >= 11 is 0. The lowest BCUT2D eigenvalue weighted by Gasteiger charge is -2.47. The molecule has 0 aliphatic carbocycles. The molecule has 0 unspecified atom stereocenters. The molecule has 0 amide bonds. The molecule has 0 saturated heterocycles. The van der Waals surface area contributed by atoms with Crippen LogP contribution in [0.15, 0.2) is 0 Å². The molecule has 0 atom stereocenters. The fourth-order valence-corrected chi connectivity index (χ4v) is 4.12. The number of carboxylic acids is 1. The summed E-state index contributed by atoms with van der Waals surface area (Å²) in [5.41, 5.74) is -0.574. The number of hydrogen-bond donors (Lipinski definition) is 1. The van der Waals surface area contributed by atoms with Crippen LogP contribution in [0.1, 0.15) is 98.8 Å². The summed E-state index contributed by atoms with van der Waals surface area (Å²) in [5, 5.41) is 9.86. The van der Waals surface area contributed by atoms with Crippen LogP contribution in [0.4, 0.5) is 0 Å². The zero-order chi connectivity index (χ0) is 15.6. The van der Waals surface area contributed by atoms with Gasteiger partial charge in [0, 0.05) is 0 Å². The fraction of sp³-hybridized carbons (Fsp3) is 0.944. The topological polar surface area (TPSA) is 37.3 Å². The highest BCUT2D eigenvalue weighted by Crippen LogP contribution is 2.53. The molecule has 0 aromatic carbocycles. The van der Waals surface area contributed by atoms with Crippen LogP contribution in [-0.2, 0) is 4.79 Å². The first kappa shape index (κ1) is 19.5. The van der Waals surface area contributed by atoms with Gasteiger partial charge in [-0.05, 0) is 37.5 Å². The smallest absolute Gasteiger partial charge is 0.310 e. The highest BCUT2D eigenvalue weighted by molar-refractivity contribution is 5.75. The van der Waals surface area contributed by atoms with Crippen molar-refractivity contribution in [2.45, 2.75) is 98.8 Å². The maximum atomic E-state index is 12.0. The van der Waals surface area contributed by atoms with Gasteiger partial charge in [-0.1, -0.05) is 66.7 Å². The first-order chi connectivity index (χ1) is 9.50. The van der Waals surface area contributed by atoms with E-state index in [-0.39, 0.29) is 5.41 Å². The minimum atomic E-state index is -0.584. The quantitative estimate of drug-likeness (QED) is 0.443. The molecule has 0 fully saturated rings. The third-order valence-electron chi connectivity index (χ3n) is 5.74. The van der Waals surface area contributed by atoms with Crippen molar-refractivity contribution in [3.05, 3.63) is 0 Å². The average Bonchev–Trinajstić information content (AvgIpc) is 2.46. The second-order valence-corrected chi connectivity index (χ2v) is 6.25. The van der Waals surface area contributed by atoms with Gasteiger partial charge in [0.1, 0.15) is 0 Å². The number of carbonyl (C=O) groups is 1. The van der Waals surface area contributed by atoms with Gasteiger partial charge in [0.05, 0.1) is 5.41 Å². The lowest BCUT2D eigenvalue weighted by molar-refractivity contribution is -0.161. The zero-order valence-electron chi connectivity index (χ0n) is 14.4. The summed E-state index contributed by atoms with van der Waals surface area (Å²) in [6.45, 7) is 10.7. The minimum absolute atomic E-state index is 0.0332. The van der Waals surface area contributed by atoms with Crippen molar-refractivity contribution in [2.24, 2.45) is 10.8 Å². The highest BCUT2D eigenvalue weighted by atomic mass is 16.4. The Hall–Kier alpha value is -0.530. The van der Waals surface area contributed by atoms with Crippen LogP contribution < -0.4 is 0 Å². The van der Waals surface area contributed by atoms with E-state index < -0.39 is 11.4 Å². The maximum absolute atomic E-state index is 12.0. The van der Waals surface area contributed by atoms with Gasteiger partial charge in [-0.3, -0.25) is 4.79 Å². The van der Waals surface area contributed by atoms with Gasteiger partial charge in [0.15, 0.2) is 0 Å². The maximum Gasteiger partial charge on any atom is 0.310 e. The van der Waals surface area contributed by atoms with Crippen molar-refractivity contribution in [3.63, 3.8) is 0 Å². The van der Waals surface area contributed by atoms with Gasteiger partial charge < -0.3 is 5.11 Å². The molecule has 0 rings (SSSR count). The lowest BCUT2D eigenvalue weighted by atomic mass is 9.55. The Labute approximate surface area is 126 Å². The van der Waals surface area contributed by atoms with Gasteiger partial charge in [0.25, 0.3) is 0 Å². The van der Waals surface area contributed by atoms with E-state index >= 15 is 0 Å². The van der Waals surface area contributed by atoms with E-state index in [4.69, 9.17) is 0 Å². The van der Waals surface area contributed by atoms with E-state index in [1.54, 1.807) is 0 Å². The third-order valence-corrected chi connectivity index (χ3v) is 5.74. The minimum Gasteiger partial charge on any atom is -0.481 e. The molecule has 0 bridgehead atoms. The fourth-order valence-electron chi connectivity index (χ4n) is 4.12. The van der Waals surface area contributed by atoms with E-state index in [2.05, 4.69) is 34.6 Å². The summed E-state index contributed by atoms with van der Waals surface area (Å²) in [6, 6.07) is 0. The van der Waals surface area contributed by atoms with Crippen molar-refractivity contribution < 1.29 is 9.90 Å². The summed E-state index contributed by atoms with van der Waals surface area (Å²) < 4.78 is 0. The highest BCUT2D eigenvalue weighted by Gasteiger charge is 2.51. The summed E-state index contributed by atoms with van der Waals surface area (Å²) in [5.74, 6) is -0.584. The summed E-state index contributed by atoms with van der Waals surface area (Å²) in [6.07, 6.45) is 10.8. The molecule has 0 radical (unpaired) electrons. The molecule has 0 spiro atoms. The summed E-state index contributed by atoms with van der Waals surface area (Å²) in [7, 11) is 0. The van der Waals surface area contributed by atoms with Gasteiger partial charge in [-0.15, -0.1) is 0 Å². The Morgan fingerprint density at radius 2 is 1.30 bits per heavy atom. The zero-order valence-corrected chi connectivity index (χ0v) is 14.4. The average molecular weight is 284 g/mol. The predicted molar refractivity (Wildman–Crippen MR) is 87.0 cm³/mol. The molecule has 0 aliphatic rings. The van der Waals surface area contributed by atoms with E-state index in [9.17, 15) is 9.90 Å². The molecule has 2 heteroatoms. The molecule has 0 aliphatic heterocycles. The Kier molecular flexibility index (Phi) is 9.16. The second-order valence-electron chi connectivity index (χ2n) is 6.25. The van der Waals surface area contributed by atoms with Crippen LogP contribution in [0.2, 0.25) is 0 Å². The SMILES string of the molecule is CCCCCCCC(CC)(CC)C(CC)(CC)C(=O)O. The number of carboxylic acid groups (broad SMARTS) is 1. The number of hydrogen-bond acceptors (Lipinski definition) is 1. The molecular formula is C18H36O2. The summed E-state index contributed by atoms with van der Waals surface area (Å²) in [4.78, 5) is 12.0. The molecular weight excluding hydrogens is 248 g/mol. The van der Waals surface area contributed by atoms with Gasteiger partial charge >= 0.3 is 5.97 Å². The van der Waals surface area contributed by atoms with Gasteiger partial charge in [0.2, 0.25) is 0 Å². The van der Waals surface area contributed by atoms with Crippen LogP contribution in [0.5, 0.6) is 0 Å². The monoisotopic (exact) mass is 284 g/mol. The standard InChI is InChI=1S/C18H36O2/c1-6-11-12-13-14-15-17(7-2,8-3)18(9-4,10-5)16(19)20/h6-15H2,1-5H3,(H,19,20). The first-order valence-electron chi connectivity index (χ1n) is 8.73. The van der Waals surface area contributed by atoms with Crippen LogP contribution in [0.3, 0.4) is 0 Å². The number of unbranched alkanes of at least 4 members (excludes halogenated alkanes) is 4. The number of rotatable bonds is 12. The molecule has 2 nitrogen and oxygen atoms in total. The molecule has 0 aromatic heterocycles. The normalized spacial score (nSPS) is 12.7. The molecule has 120 valence electrons. The van der Waals surface area contributed by atoms with Crippen LogP contribution >= 0.6 is 0 Å². The largest absolute Gasteiger partial charge is 0.481 e. The molecule has 1 N–H and O–H groups in total. The molecule has 0 saturated carbocycles. The van der Waals surface area contributed by atoms with Crippen molar-refractivity contribution in [3.8, 4) is 0 Å². The second kappa shape index (κ2) is 9.41. The Balaban J connectivity index is 5.00. The van der Waals surface area contributed by atoms with Crippen LogP contribution in [0, 0.1) is 10.8 Å². The van der Waals surface area contributed by atoms with E-state index in [1.165, 1.54) is 32.1 Å². The van der Waals surface area contributed by atoms with Crippen molar-refractivity contribution >= 4 is 5.97 Å². The van der Waals surface area contributed by atoms with Crippen LogP contribution in [0.25, 0.3) is 0 Å². The van der Waals surface area contributed by atoms with Gasteiger partial charge in [-0.2, -0.15) is 0 Å². The third kappa shape index (κ3) is 3.99. The molecule has 20 heavy (non-hydrogen) atoms. The van der Waals surface area contributed by atoms with Crippen molar-refractivity contribution in [2.75, 3.05) is 0 Å². The predicted octanol–water partition coefficient (Wildman–Crippen LogP) is 6.04. The molecule has 0 aromatic rings. The number of aliphatic carboxylic acids is 1. The van der Waals surface area contributed by atoms with E-state index in [1.807, 2.05) is 0 Å². The van der Waals surface area contributed by atoms with Crippen LogP contribution in [-0.4, -0.2) is 11.1 Å². The van der Waals surface area contributed by atoms with Crippen molar-refractivity contribution in [1.82, 2.24) is 0 Å². The Morgan fingerprint density at radius 1 is 0.800 bits per heavy atom. The van der Waals surface area contributed by atoms with Crippen molar-refractivity contribution in [1.29, 1.82) is 0 Å².